The van der Waals surface area contributed by atoms with Gasteiger partial charge in [-0.15, -0.1) is 0 Å². The zero-order valence-corrected chi connectivity index (χ0v) is 17.4. The van der Waals surface area contributed by atoms with Crippen LogP contribution in [0.1, 0.15) is 33.6 Å². The van der Waals surface area contributed by atoms with Crippen molar-refractivity contribution in [3.05, 3.63) is 24.3 Å². The van der Waals surface area contributed by atoms with E-state index >= 15 is 0 Å². The van der Waals surface area contributed by atoms with Crippen LogP contribution < -0.4 is 15.5 Å². The summed E-state index contributed by atoms with van der Waals surface area (Å²) >= 11 is 0. The Hall–Kier alpha value is -3.10. The normalized spacial score (nSPS) is 16.2. The number of nitrogens with zero attached hydrogens (tertiary/aromatic N) is 2. The third kappa shape index (κ3) is 5.69. The SMILES string of the molecule is CC(OC(=O)CCCN1C(=O)NC(C)(C)C1=O)C(=O)Nc1ccc(N(C)C)cc1. The first kappa shape index (κ1) is 22.2. The molecule has 2 N–H and O–H groups in total. The van der Waals surface area contributed by atoms with Gasteiger partial charge < -0.3 is 20.3 Å². The first-order valence-electron chi connectivity index (χ1n) is 9.43. The molecule has 1 aliphatic heterocycles. The molecule has 1 heterocycles. The van der Waals surface area contributed by atoms with Gasteiger partial charge in [0.2, 0.25) is 0 Å². The van der Waals surface area contributed by atoms with Crippen LogP contribution in [0, 0.1) is 0 Å². The maximum absolute atomic E-state index is 12.2. The summed E-state index contributed by atoms with van der Waals surface area (Å²) in [4.78, 5) is 51.1. The minimum absolute atomic E-state index is 0.00730. The van der Waals surface area contributed by atoms with Crippen LogP contribution in [-0.4, -0.2) is 61.0 Å². The molecule has 1 fully saturated rings. The largest absolute Gasteiger partial charge is 0.453 e. The summed E-state index contributed by atoms with van der Waals surface area (Å²) in [6.07, 6.45) is -0.715. The van der Waals surface area contributed by atoms with Gasteiger partial charge in [0.15, 0.2) is 6.10 Å². The van der Waals surface area contributed by atoms with Crippen LogP contribution in [0.5, 0.6) is 0 Å². The van der Waals surface area contributed by atoms with Gasteiger partial charge in [0.05, 0.1) is 0 Å². The molecule has 1 aromatic rings. The summed E-state index contributed by atoms with van der Waals surface area (Å²) in [6.45, 7) is 4.84. The number of urea groups is 1. The van der Waals surface area contributed by atoms with Gasteiger partial charge in [-0.25, -0.2) is 4.79 Å². The van der Waals surface area contributed by atoms with Gasteiger partial charge in [-0.2, -0.15) is 0 Å². The molecule has 9 nitrogen and oxygen atoms in total. The highest BCUT2D eigenvalue weighted by atomic mass is 16.5. The Kier molecular flexibility index (Phi) is 6.84. The van der Waals surface area contributed by atoms with Gasteiger partial charge in [-0.05, 0) is 51.5 Å². The molecule has 0 radical (unpaired) electrons. The minimum Gasteiger partial charge on any atom is -0.453 e. The summed E-state index contributed by atoms with van der Waals surface area (Å²) in [5, 5.41) is 5.27. The lowest BCUT2D eigenvalue weighted by Gasteiger charge is -2.17. The van der Waals surface area contributed by atoms with E-state index in [-0.39, 0.29) is 25.3 Å². The Morgan fingerprint density at radius 3 is 2.34 bits per heavy atom. The number of carbonyl (C=O) groups excluding carboxylic acids is 4. The lowest BCUT2D eigenvalue weighted by molar-refractivity contribution is -0.153. The van der Waals surface area contributed by atoms with Gasteiger partial charge >= 0.3 is 12.0 Å². The predicted molar refractivity (Wildman–Crippen MR) is 109 cm³/mol. The van der Waals surface area contributed by atoms with Crippen LogP contribution in [0.25, 0.3) is 0 Å². The first-order valence-corrected chi connectivity index (χ1v) is 9.43. The fourth-order valence-corrected chi connectivity index (χ4v) is 2.80. The van der Waals surface area contributed by atoms with Crippen molar-refractivity contribution in [1.29, 1.82) is 0 Å². The van der Waals surface area contributed by atoms with Crippen molar-refractivity contribution in [2.24, 2.45) is 0 Å². The van der Waals surface area contributed by atoms with Crippen LogP contribution in [0.4, 0.5) is 16.2 Å². The molecule has 1 saturated heterocycles. The van der Waals surface area contributed by atoms with Crippen molar-refractivity contribution in [2.45, 2.75) is 45.3 Å². The maximum Gasteiger partial charge on any atom is 0.325 e. The number of rotatable bonds is 8. The molecule has 0 spiro atoms. The smallest absolute Gasteiger partial charge is 0.325 e. The number of hydrogen-bond donors (Lipinski definition) is 2. The topological polar surface area (TPSA) is 108 Å². The van der Waals surface area contributed by atoms with Crippen LogP contribution >= 0.6 is 0 Å². The Morgan fingerprint density at radius 1 is 1.21 bits per heavy atom. The van der Waals surface area contributed by atoms with Crippen molar-refractivity contribution in [3.8, 4) is 0 Å². The number of ether oxygens (including phenoxy) is 1. The summed E-state index contributed by atoms with van der Waals surface area (Å²) < 4.78 is 5.14. The molecule has 0 bridgehead atoms. The predicted octanol–water partition coefficient (Wildman–Crippen LogP) is 1.73. The summed E-state index contributed by atoms with van der Waals surface area (Å²) in [5.41, 5.74) is 0.662. The highest BCUT2D eigenvalue weighted by Crippen LogP contribution is 2.18. The summed E-state index contributed by atoms with van der Waals surface area (Å²) in [7, 11) is 3.84. The number of carbonyl (C=O) groups is 4. The number of imide groups is 1. The Bertz CT molecular complexity index is 789. The van der Waals surface area contributed by atoms with Gasteiger partial charge in [0.25, 0.3) is 11.8 Å². The molecule has 0 aliphatic carbocycles. The van der Waals surface area contributed by atoms with E-state index in [0.717, 1.165) is 10.6 Å². The zero-order chi connectivity index (χ0) is 21.8. The second kappa shape index (κ2) is 8.93. The lowest BCUT2D eigenvalue weighted by Crippen LogP contribution is -2.40. The minimum atomic E-state index is -0.966. The maximum atomic E-state index is 12.2. The van der Waals surface area contributed by atoms with Crippen molar-refractivity contribution in [3.63, 3.8) is 0 Å². The van der Waals surface area contributed by atoms with Gasteiger partial charge in [0, 0.05) is 38.4 Å². The van der Waals surface area contributed by atoms with Crippen LogP contribution in [0.2, 0.25) is 0 Å². The summed E-state index contributed by atoms with van der Waals surface area (Å²) in [6, 6.07) is 6.79. The molecular formula is C20H28N4O5. The number of amides is 4. The van der Waals surface area contributed by atoms with Crippen molar-refractivity contribution in [2.75, 3.05) is 30.9 Å². The molecular weight excluding hydrogens is 376 g/mol. The molecule has 1 aliphatic rings. The Balaban J connectivity index is 1.76. The second-order valence-electron chi connectivity index (χ2n) is 7.68. The van der Waals surface area contributed by atoms with E-state index in [1.807, 2.05) is 31.1 Å². The fraction of sp³-hybridized carbons (Fsp3) is 0.500. The van der Waals surface area contributed by atoms with E-state index in [9.17, 15) is 19.2 Å². The van der Waals surface area contributed by atoms with E-state index in [1.165, 1.54) is 6.92 Å². The standard InChI is InChI=1S/C20H28N4O5/c1-13(17(26)21-14-8-10-15(11-9-14)23(4)5)29-16(25)7-6-12-24-18(27)20(2,3)22-19(24)28/h8-11,13H,6-7,12H2,1-5H3,(H,21,26)(H,22,28). The summed E-state index contributed by atoms with van der Waals surface area (Å²) in [5.74, 6) is -1.34. The van der Waals surface area contributed by atoms with Crippen molar-refractivity contribution >= 4 is 35.2 Å². The van der Waals surface area contributed by atoms with Crippen molar-refractivity contribution < 1.29 is 23.9 Å². The van der Waals surface area contributed by atoms with Crippen LogP contribution in [0.3, 0.4) is 0 Å². The molecule has 1 atom stereocenters. The molecule has 0 aromatic heterocycles. The molecule has 29 heavy (non-hydrogen) atoms. The van der Waals surface area contributed by atoms with Crippen LogP contribution in [-0.2, 0) is 19.1 Å². The number of benzene rings is 1. The monoisotopic (exact) mass is 404 g/mol. The number of esters is 1. The van der Waals surface area contributed by atoms with Gasteiger partial charge in [-0.3, -0.25) is 19.3 Å². The first-order chi connectivity index (χ1) is 13.5. The third-order valence-electron chi connectivity index (χ3n) is 4.54. The average Bonchev–Trinajstić information content (AvgIpc) is 2.83. The quantitative estimate of drug-likeness (QED) is 0.505. The van der Waals surface area contributed by atoms with Crippen molar-refractivity contribution in [1.82, 2.24) is 10.2 Å². The Labute approximate surface area is 170 Å². The molecule has 0 saturated carbocycles. The van der Waals surface area contributed by atoms with Gasteiger partial charge in [0.1, 0.15) is 5.54 Å². The van der Waals surface area contributed by atoms with E-state index in [1.54, 1.807) is 26.0 Å². The second-order valence-corrected chi connectivity index (χ2v) is 7.68. The third-order valence-corrected chi connectivity index (χ3v) is 4.54. The molecule has 158 valence electrons. The lowest BCUT2D eigenvalue weighted by atomic mass is 10.1. The number of anilines is 2. The van der Waals surface area contributed by atoms with Gasteiger partial charge in [-0.1, -0.05) is 0 Å². The molecule has 9 heteroatoms. The highest BCUT2D eigenvalue weighted by molar-refractivity contribution is 6.06. The molecule has 2 rings (SSSR count). The molecule has 1 unspecified atom stereocenters. The number of hydrogen-bond acceptors (Lipinski definition) is 6. The Morgan fingerprint density at radius 2 is 1.83 bits per heavy atom. The van der Waals surface area contributed by atoms with E-state index in [2.05, 4.69) is 10.6 Å². The molecule has 1 aromatic carbocycles. The zero-order valence-electron chi connectivity index (χ0n) is 17.4. The average molecular weight is 404 g/mol. The molecule has 4 amide bonds. The fourth-order valence-electron chi connectivity index (χ4n) is 2.80. The highest BCUT2D eigenvalue weighted by Gasteiger charge is 2.43. The van der Waals surface area contributed by atoms with E-state index < -0.39 is 29.6 Å². The van der Waals surface area contributed by atoms with E-state index in [0.29, 0.717) is 5.69 Å². The van der Waals surface area contributed by atoms with E-state index in [4.69, 9.17) is 4.74 Å². The van der Waals surface area contributed by atoms with Crippen LogP contribution in [0.15, 0.2) is 24.3 Å². The number of nitrogens with one attached hydrogen (secondary N) is 2.